The highest BCUT2D eigenvalue weighted by atomic mass is 16.4. The van der Waals surface area contributed by atoms with Gasteiger partial charge < -0.3 is 15.5 Å². The number of rotatable bonds is 4. The number of pyridine rings is 1. The third-order valence-corrected chi connectivity index (χ3v) is 2.63. The van der Waals surface area contributed by atoms with E-state index in [1.54, 1.807) is 18.2 Å². The van der Waals surface area contributed by atoms with Gasteiger partial charge in [0.1, 0.15) is 0 Å². The smallest absolute Gasteiger partial charge is 0.307 e. The number of carbonyl (C=O) groups is 2. The fourth-order valence-electron chi connectivity index (χ4n) is 1.80. The standard InChI is InChI=1S/C14H12N2O5/c17-11-6-9(7-12(18)16-11)14(21)15-10-3-1-2-8(4-10)5-13(19)20/h1-4,6-7H,5H2,(H,15,21)(H,19,20)(H2,16,17,18). The van der Waals surface area contributed by atoms with Gasteiger partial charge in [0.2, 0.25) is 0 Å². The van der Waals surface area contributed by atoms with Crippen LogP contribution in [0.2, 0.25) is 0 Å². The molecule has 7 heteroatoms. The lowest BCUT2D eigenvalue weighted by Gasteiger charge is -2.07. The third kappa shape index (κ3) is 3.93. The van der Waals surface area contributed by atoms with E-state index >= 15 is 0 Å². The summed E-state index contributed by atoms with van der Waals surface area (Å²) in [6, 6.07) is 8.54. The Morgan fingerprint density at radius 2 is 1.95 bits per heavy atom. The number of nitrogens with one attached hydrogen (secondary N) is 2. The molecule has 7 nitrogen and oxygen atoms in total. The Labute approximate surface area is 118 Å². The van der Waals surface area contributed by atoms with Crippen LogP contribution in [0.15, 0.2) is 41.2 Å². The second-order valence-electron chi connectivity index (χ2n) is 4.34. The molecule has 2 rings (SSSR count). The number of benzene rings is 1. The van der Waals surface area contributed by atoms with Gasteiger partial charge in [-0.3, -0.25) is 19.4 Å². The maximum Gasteiger partial charge on any atom is 0.307 e. The molecule has 21 heavy (non-hydrogen) atoms. The Morgan fingerprint density at radius 1 is 1.19 bits per heavy atom. The molecule has 108 valence electrons. The second-order valence-corrected chi connectivity index (χ2v) is 4.34. The molecule has 0 fully saturated rings. The van der Waals surface area contributed by atoms with Crippen LogP contribution in [0.4, 0.5) is 5.69 Å². The highest BCUT2D eigenvalue weighted by Crippen LogP contribution is 2.13. The van der Waals surface area contributed by atoms with Gasteiger partial charge in [-0.05, 0) is 17.7 Å². The molecule has 0 atom stereocenters. The van der Waals surface area contributed by atoms with Crippen LogP contribution >= 0.6 is 0 Å². The Hall–Kier alpha value is -3.09. The van der Waals surface area contributed by atoms with E-state index in [1.165, 1.54) is 6.07 Å². The van der Waals surface area contributed by atoms with E-state index in [9.17, 15) is 19.5 Å². The lowest BCUT2D eigenvalue weighted by atomic mass is 10.1. The Bertz CT molecular complexity index is 751. The minimum Gasteiger partial charge on any atom is -0.494 e. The quantitative estimate of drug-likeness (QED) is 0.668. The molecular formula is C14H12N2O5. The molecule has 0 saturated carbocycles. The van der Waals surface area contributed by atoms with E-state index in [1.807, 2.05) is 0 Å². The van der Waals surface area contributed by atoms with Crippen molar-refractivity contribution in [2.45, 2.75) is 6.42 Å². The lowest BCUT2D eigenvalue weighted by Crippen LogP contribution is -2.16. The van der Waals surface area contributed by atoms with Gasteiger partial charge >= 0.3 is 5.97 Å². The zero-order valence-corrected chi connectivity index (χ0v) is 10.8. The fourth-order valence-corrected chi connectivity index (χ4v) is 1.80. The van der Waals surface area contributed by atoms with Crippen molar-refractivity contribution in [3.05, 3.63) is 57.9 Å². The number of H-pyrrole nitrogens is 1. The van der Waals surface area contributed by atoms with Gasteiger partial charge in [-0.2, -0.15) is 0 Å². The molecule has 0 aliphatic rings. The summed E-state index contributed by atoms with van der Waals surface area (Å²) in [6.45, 7) is 0. The summed E-state index contributed by atoms with van der Waals surface area (Å²) < 4.78 is 0. The number of aromatic nitrogens is 1. The molecular weight excluding hydrogens is 276 g/mol. The predicted octanol–water partition coefficient (Wildman–Crippen LogP) is 0.960. The molecule has 0 aliphatic carbocycles. The van der Waals surface area contributed by atoms with Gasteiger partial charge in [-0.1, -0.05) is 12.1 Å². The van der Waals surface area contributed by atoms with Crippen molar-refractivity contribution < 1.29 is 19.8 Å². The summed E-state index contributed by atoms with van der Waals surface area (Å²) in [5, 5.41) is 20.5. The number of carboxylic acids is 1. The molecule has 0 bridgehead atoms. The largest absolute Gasteiger partial charge is 0.494 e. The number of amides is 1. The van der Waals surface area contributed by atoms with Crippen molar-refractivity contribution >= 4 is 17.6 Å². The summed E-state index contributed by atoms with van der Waals surface area (Å²) in [4.78, 5) is 35.9. The molecule has 1 aromatic carbocycles. The number of carboxylic acid groups (broad SMARTS) is 1. The Balaban J connectivity index is 2.19. The average molecular weight is 288 g/mol. The first-order valence-electron chi connectivity index (χ1n) is 5.99. The molecule has 0 unspecified atom stereocenters. The van der Waals surface area contributed by atoms with Crippen molar-refractivity contribution in [1.29, 1.82) is 0 Å². The molecule has 0 saturated heterocycles. The van der Waals surface area contributed by atoms with Gasteiger partial charge in [0.05, 0.1) is 12.0 Å². The number of anilines is 1. The van der Waals surface area contributed by atoms with Crippen molar-refractivity contribution in [3.8, 4) is 5.88 Å². The topological polar surface area (TPSA) is 119 Å². The minimum absolute atomic E-state index is 0.000104. The van der Waals surface area contributed by atoms with Gasteiger partial charge in [0.25, 0.3) is 11.5 Å². The summed E-state index contributed by atoms with van der Waals surface area (Å²) in [7, 11) is 0. The molecule has 1 amide bonds. The van der Waals surface area contributed by atoms with E-state index in [-0.39, 0.29) is 12.0 Å². The van der Waals surface area contributed by atoms with Crippen molar-refractivity contribution in [1.82, 2.24) is 4.98 Å². The first-order valence-corrected chi connectivity index (χ1v) is 5.99. The third-order valence-electron chi connectivity index (χ3n) is 2.63. The van der Waals surface area contributed by atoms with E-state index in [2.05, 4.69) is 10.3 Å². The van der Waals surface area contributed by atoms with Crippen LogP contribution in [0.25, 0.3) is 0 Å². The molecule has 0 spiro atoms. The number of aromatic hydroxyl groups is 1. The highest BCUT2D eigenvalue weighted by molar-refractivity contribution is 6.04. The van der Waals surface area contributed by atoms with Gasteiger partial charge in [-0.15, -0.1) is 0 Å². The van der Waals surface area contributed by atoms with Crippen LogP contribution < -0.4 is 10.9 Å². The molecule has 1 heterocycles. The Morgan fingerprint density at radius 3 is 2.62 bits per heavy atom. The molecule has 0 aliphatic heterocycles. The SMILES string of the molecule is O=C(O)Cc1cccc(NC(=O)c2cc(O)[nH]c(=O)c2)c1. The van der Waals surface area contributed by atoms with E-state index in [0.717, 1.165) is 12.1 Å². The normalized spacial score (nSPS) is 10.1. The predicted molar refractivity (Wildman–Crippen MR) is 74.5 cm³/mol. The zero-order valence-electron chi connectivity index (χ0n) is 10.8. The van der Waals surface area contributed by atoms with Crippen LogP contribution in [-0.4, -0.2) is 27.1 Å². The van der Waals surface area contributed by atoms with E-state index in [0.29, 0.717) is 11.3 Å². The van der Waals surface area contributed by atoms with E-state index in [4.69, 9.17) is 5.11 Å². The number of aliphatic carboxylic acids is 1. The number of aromatic amines is 1. The molecule has 0 radical (unpaired) electrons. The van der Waals surface area contributed by atoms with E-state index < -0.39 is 23.3 Å². The van der Waals surface area contributed by atoms with Crippen LogP contribution in [0, 0.1) is 0 Å². The summed E-state index contributed by atoms with van der Waals surface area (Å²) >= 11 is 0. The van der Waals surface area contributed by atoms with Crippen LogP contribution in [0.1, 0.15) is 15.9 Å². The van der Waals surface area contributed by atoms with Crippen molar-refractivity contribution in [2.75, 3.05) is 5.32 Å². The second kappa shape index (κ2) is 5.91. The van der Waals surface area contributed by atoms with Crippen molar-refractivity contribution in [3.63, 3.8) is 0 Å². The number of hydrogen-bond acceptors (Lipinski definition) is 4. The first kappa shape index (κ1) is 14.3. The van der Waals surface area contributed by atoms with Crippen LogP contribution in [0.3, 0.4) is 0 Å². The zero-order chi connectivity index (χ0) is 15.4. The lowest BCUT2D eigenvalue weighted by molar-refractivity contribution is -0.136. The van der Waals surface area contributed by atoms with Gasteiger partial charge in [-0.25, -0.2) is 0 Å². The Kier molecular flexibility index (Phi) is 4.03. The number of carbonyl (C=O) groups excluding carboxylic acids is 1. The highest BCUT2D eigenvalue weighted by Gasteiger charge is 2.09. The molecule has 1 aromatic heterocycles. The average Bonchev–Trinajstić information content (AvgIpc) is 2.37. The minimum atomic E-state index is -0.974. The summed E-state index contributed by atoms with van der Waals surface area (Å²) in [6.07, 6.45) is -0.157. The van der Waals surface area contributed by atoms with Crippen molar-refractivity contribution in [2.24, 2.45) is 0 Å². The monoisotopic (exact) mass is 288 g/mol. The fraction of sp³-hybridized carbons (Fsp3) is 0.0714. The number of hydrogen-bond donors (Lipinski definition) is 4. The maximum atomic E-state index is 12.0. The molecule has 2 aromatic rings. The van der Waals surface area contributed by atoms with Gasteiger partial charge in [0.15, 0.2) is 5.88 Å². The summed E-state index contributed by atoms with van der Waals surface area (Å²) in [5.41, 5.74) is 0.340. The van der Waals surface area contributed by atoms with Crippen LogP contribution in [0.5, 0.6) is 5.88 Å². The first-order chi connectivity index (χ1) is 9.94. The van der Waals surface area contributed by atoms with Crippen LogP contribution in [-0.2, 0) is 11.2 Å². The van der Waals surface area contributed by atoms with Gasteiger partial charge in [0, 0.05) is 17.8 Å². The molecule has 4 N–H and O–H groups in total. The summed E-state index contributed by atoms with van der Waals surface area (Å²) in [5.74, 6) is -1.96. The maximum absolute atomic E-state index is 12.0.